The second-order valence-electron chi connectivity index (χ2n) is 12.0. The van der Waals surface area contributed by atoms with Crippen LogP contribution in [0.25, 0.3) is 0 Å². The summed E-state index contributed by atoms with van der Waals surface area (Å²) in [4.78, 5) is 25.5. The minimum absolute atomic E-state index is 0.151. The van der Waals surface area contributed by atoms with Crippen LogP contribution in [0.3, 0.4) is 0 Å². The van der Waals surface area contributed by atoms with E-state index in [1.807, 2.05) is 6.07 Å². The molecular weight excluding hydrogens is 470 g/mol. The fourth-order valence-electron chi connectivity index (χ4n) is 8.44. The highest BCUT2D eigenvalue weighted by Crippen LogP contribution is 2.89. The summed E-state index contributed by atoms with van der Waals surface area (Å²) in [6.45, 7) is 8.99. The number of methoxy groups -OCH3 is 1. The maximum absolute atomic E-state index is 13.4. The molecule has 1 heterocycles. The first-order valence-electron chi connectivity index (χ1n) is 13.1. The van der Waals surface area contributed by atoms with Gasteiger partial charge in [-0.2, -0.15) is 0 Å². The lowest BCUT2D eigenvalue weighted by Crippen LogP contribution is -2.53. The smallest absolute Gasteiger partial charge is 0.407 e. The van der Waals surface area contributed by atoms with Gasteiger partial charge in [0.15, 0.2) is 6.10 Å². The third-order valence-corrected chi connectivity index (χ3v) is 10.4. The molecule has 0 spiro atoms. The number of rotatable bonds is 5. The third kappa shape index (κ3) is 2.84. The van der Waals surface area contributed by atoms with Gasteiger partial charge in [-0.15, -0.1) is 0 Å². The number of carbonyl (C=O) groups excluding carboxylic acids is 2. The summed E-state index contributed by atoms with van der Waals surface area (Å²) in [5.41, 5.74) is 1.85. The van der Waals surface area contributed by atoms with Gasteiger partial charge in [0.1, 0.15) is 17.3 Å². The number of aliphatic hydroxyl groups excluding tert-OH is 1. The van der Waals surface area contributed by atoms with Crippen molar-refractivity contribution in [3.05, 3.63) is 71.3 Å². The Balaban J connectivity index is 1.31. The Morgan fingerprint density at radius 2 is 1.76 bits per heavy atom. The molecule has 4 aliphatic rings. The van der Waals surface area contributed by atoms with Crippen LogP contribution in [-0.4, -0.2) is 42.1 Å². The van der Waals surface area contributed by atoms with Gasteiger partial charge >= 0.3 is 12.1 Å². The highest BCUT2D eigenvalue weighted by atomic mass is 16.6. The molecule has 0 unspecified atom stereocenters. The van der Waals surface area contributed by atoms with E-state index >= 15 is 0 Å². The predicted molar refractivity (Wildman–Crippen MR) is 136 cm³/mol. The van der Waals surface area contributed by atoms with Crippen molar-refractivity contribution in [1.82, 2.24) is 5.32 Å². The summed E-state index contributed by atoms with van der Waals surface area (Å²) in [6.07, 6.45) is -1.22. The van der Waals surface area contributed by atoms with E-state index in [2.05, 4.69) is 57.3 Å². The molecule has 2 aromatic rings. The number of esters is 1. The van der Waals surface area contributed by atoms with Gasteiger partial charge < -0.3 is 24.6 Å². The van der Waals surface area contributed by atoms with Crippen LogP contribution in [0.15, 0.2) is 54.6 Å². The number of epoxide rings is 1. The first-order chi connectivity index (χ1) is 17.5. The van der Waals surface area contributed by atoms with Crippen molar-refractivity contribution >= 4 is 12.1 Å². The molecule has 37 heavy (non-hydrogen) atoms. The topological polar surface area (TPSA) is 97.4 Å². The second kappa shape index (κ2) is 7.81. The standard InChI is InChI=1S/C30H35NO6/c1-17-16-29-28(4)22(15-21(27(28,2)3)30(29,37-29)20-14-10-9-13-19(17)20)36-25(33)24(32)23(31-26(34)35-5)18-11-7-6-8-12-18/h6-14,17,21-24,32H,15-16H2,1-5H3,(H,31,34)/t17-,21-,22-,23-,24+,28+,29-,30+/m0/s1. The average Bonchev–Trinajstić information content (AvgIpc) is 3.52. The normalized spacial score (nSPS) is 37.4. The van der Waals surface area contributed by atoms with Crippen LogP contribution in [0.1, 0.15) is 69.2 Å². The summed E-state index contributed by atoms with van der Waals surface area (Å²) < 4.78 is 17.7. The van der Waals surface area contributed by atoms with Crippen LogP contribution < -0.4 is 5.32 Å². The molecule has 1 amide bonds. The summed E-state index contributed by atoms with van der Waals surface area (Å²) in [5.74, 6) is -0.258. The van der Waals surface area contributed by atoms with Crippen molar-refractivity contribution in [1.29, 1.82) is 0 Å². The summed E-state index contributed by atoms with van der Waals surface area (Å²) in [6, 6.07) is 16.5. The number of aliphatic hydroxyl groups is 1. The van der Waals surface area contributed by atoms with Crippen molar-refractivity contribution in [3.8, 4) is 0 Å². The van der Waals surface area contributed by atoms with Gasteiger partial charge in [-0.25, -0.2) is 9.59 Å². The van der Waals surface area contributed by atoms with Gasteiger partial charge in [0.25, 0.3) is 0 Å². The molecule has 3 fully saturated rings. The molecule has 2 bridgehead atoms. The molecule has 2 aromatic carbocycles. The molecule has 2 N–H and O–H groups in total. The Bertz CT molecular complexity index is 1260. The molecule has 6 rings (SSSR count). The molecule has 1 aliphatic heterocycles. The van der Waals surface area contributed by atoms with Crippen LogP contribution in [0.2, 0.25) is 0 Å². The molecule has 0 radical (unpaired) electrons. The van der Waals surface area contributed by atoms with Gasteiger partial charge in [0.05, 0.1) is 13.2 Å². The lowest BCUT2D eigenvalue weighted by Gasteiger charge is -2.46. The van der Waals surface area contributed by atoms with Crippen molar-refractivity contribution in [2.75, 3.05) is 7.11 Å². The fourth-order valence-corrected chi connectivity index (χ4v) is 8.44. The largest absolute Gasteiger partial charge is 0.460 e. The Morgan fingerprint density at radius 1 is 1.08 bits per heavy atom. The van der Waals surface area contributed by atoms with Crippen molar-refractivity contribution in [3.63, 3.8) is 0 Å². The van der Waals surface area contributed by atoms with E-state index in [9.17, 15) is 14.7 Å². The Labute approximate surface area is 217 Å². The summed E-state index contributed by atoms with van der Waals surface area (Å²) in [5, 5.41) is 13.7. The average molecular weight is 506 g/mol. The molecule has 1 saturated heterocycles. The molecule has 7 nitrogen and oxygen atoms in total. The number of fused-ring (bicyclic) bond motifs is 3. The first-order valence-corrected chi connectivity index (χ1v) is 13.1. The highest BCUT2D eigenvalue weighted by molar-refractivity contribution is 5.78. The zero-order chi connectivity index (χ0) is 26.4. The van der Waals surface area contributed by atoms with Crippen LogP contribution in [0, 0.1) is 16.7 Å². The second-order valence-corrected chi connectivity index (χ2v) is 12.0. The van der Waals surface area contributed by atoms with Gasteiger partial charge in [-0.3, -0.25) is 0 Å². The Morgan fingerprint density at radius 3 is 2.46 bits per heavy atom. The van der Waals surface area contributed by atoms with Gasteiger partial charge in [0.2, 0.25) is 0 Å². The van der Waals surface area contributed by atoms with Gasteiger partial charge in [0, 0.05) is 11.3 Å². The number of hydrogen-bond acceptors (Lipinski definition) is 6. The molecule has 7 heteroatoms. The molecule has 2 saturated carbocycles. The molecule has 8 atom stereocenters. The lowest BCUT2D eigenvalue weighted by molar-refractivity contribution is -0.173. The van der Waals surface area contributed by atoms with Crippen molar-refractivity contribution in [2.45, 2.75) is 75.9 Å². The molecule has 196 valence electrons. The maximum atomic E-state index is 13.4. The number of ether oxygens (including phenoxy) is 3. The highest BCUT2D eigenvalue weighted by Gasteiger charge is 2.95. The Kier molecular flexibility index (Phi) is 5.16. The van der Waals surface area contributed by atoms with E-state index in [1.54, 1.807) is 24.3 Å². The minimum Gasteiger partial charge on any atom is -0.460 e. The number of nitrogens with one attached hydrogen (secondary N) is 1. The lowest BCUT2D eigenvalue weighted by atomic mass is 9.58. The number of hydrogen-bond donors (Lipinski definition) is 2. The van der Waals surface area contributed by atoms with E-state index < -0.39 is 41.3 Å². The zero-order valence-electron chi connectivity index (χ0n) is 22.0. The minimum atomic E-state index is -1.60. The van der Waals surface area contributed by atoms with Crippen LogP contribution >= 0.6 is 0 Å². The molecular formula is C30H35NO6. The van der Waals surface area contributed by atoms with E-state index in [0.717, 1.165) is 6.42 Å². The van der Waals surface area contributed by atoms with Crippen LogP contribution in [0.5, 0.6) is 0 Å². The summed E-state index contributed by atoms with van der Waals surface area (Å²) >= 11 is 0. The number of carbonyl (C=O) groups is 2. The first kappa shape index (κ1) is 24.4. The van der Waals surface area contributed by atoms with Crippen LogP contribution in [0.4, 0.5) is 4.79 Å². The quantitative estimate of drug-likeness (QED) is 0.456. The fraction of sp³-hybridized carbons (Fsp3) is 0.533. The number of amides is 1. The SMILES string of the molecule is COC(=O)N[C@@H](c1ccccc1)[C@@H](O)C(=O)O[C@H]1C[C@H]2C(C)(C)[C@]1(C)[C@@]13C[C@H](C)c4ccccc4[C@@]21O3. The number of benzene rings is 2. The van der Waals surface area contributed by atoms with E-state index in [-0.39, 0.29) is 16.9 Å². The predicted octanol–water partition coefficient (Wildman–Crippen LogP) is 4.59. The van der Waals surface area contributed by atoms with E-state index in [4.69, 9.17) is 14.2 Å². The van der Waals surface area contributed by atoms with Gasteiger partial charge in [-0.1, -0.05) is 82.3 Å². The maximum Gasteiger partial charge on any atom is 0.407 e. The molecule has 0 aromatic heterocycles. The van der Waals surface area contributed by atoms with Crippen LogP contribution in [-0.2, 0) is 24.6 Å². The molecule has 3 aliphatic carbocycles. The van der Waals surface area contributed by atoms with Crippen molar-refractivity contribution < 1.29 is 28.9 Å². The van der Waals surface area contributed by atoms with E-state index in [0.29, 0.717) is 17.9 Å². The number of alkyl carbamates (subject to hydrolysis) is 1. The third-order valence-electron chi connectivity index (χ3n) is 10.4. The Hall–Kier alpha value is -2.90. The van der Waals surface area contributed by atoms with Crippen molar-refractivity contribution in [2.24, 2.45) is 16.7 Å². The monoisotopic (exact) mass is 505 g/mol. The summed E-state index contributed by atoms with van der Waals surface area (Å²) in [7, 11) is 1.24. The zero-order valence-corrected chi connectivity index (χ0v) is 22.0. The van der Waals surface area contributed by atoms with E-state index in [1.165, 1.54) is 18.2 Å². The van der Waals surface area contributed by atoms with Gasteiger partial charge in [-0.05, 0) is 40.9 Å².